The monoisotopic (exact) mass is 220 g/mol. The lowest BCUT2D eigenvalue weighted by molar-refractivity contribution is 0.478. The van der Waals surface area contributed by atoms with E-state index in [1.165, 1.54) is 36.8 Å². The Kier molecular flexibility index (Phi) is 6.09. The number of unbranched alkanes of at least 4 members (excludes halogenated alkanes) is 1. The molecule has 1 heterocycles. The molecule has 1 aromatic heterocycles. The quantitative estimate of drug-likeness (QED) is 0.759. The van der Waals surface area contributed by atoms with Gasteiger partial charge in [0, 0.05) is 18.4 Å². The zero-order chi connectivity index (χ0) is 11.8. The van der Waals surface area contributed by atoms with E-state index in [2.05, 4.69) is 37.1 Å². The molecule has 90 valence electrons. The standard InChI is InChI=1S/C14H24N2/c1-4-6-7-14(16-9-5-2)13-11-15-10-8-12(13)3/h8,10-11,14,16H,4-7,9H2,1-3H3. The average molecular weight is 220 g/mol. The summed E-state index contributed by atoms with van der Waals surface area (Å²) in [4.78, 5) is 4.24. The second-order valence-electron chi connectivity index (χ2n) is 4.38. The van der Waals surface area contributed by atoms with Crippen molar-refractivity contribution in [3.8, 4) is 0 Å². The first-order valence-corrected chi connectivity index (χ1v) is 6.43. The van der Waals surface area contributed by atoms with E-state index in [4.69, 9.17) is 0 Å². The molecule has 0 bridgehead atoms. The van der Waals surface area contributed by atoms with Crippen LogP contribution in [0, 0.1) is 6.92 Å². The topological polar surface area (TPSA) is 24.9 Å². The fourth-order valence-electron chi connectivity index (χ4n) is 1.94. The molecule has 2 heteroatoms. The van der Waals surface area contributed by atoms with Gasteiger partial charge in [-0.05, 0) is 43.5 Å². The normalized spacial score (nSPS) is 12.7. The third kappa shape index (κ3) is 3.93. The summed E-state index contributed by atoms with van der Waals surface area (Å²) in [7, 11) is 0. The van der Waals surface area contributed by atoms with Gasteiger partial charge in [-0.2, -0.15) is 0 Å². The molecule has 16 heavy (non-hydrogen) atoms. The first-order valence-electron chi connectivity index (χ1n) is 6.43. The van der Waals surface area contributed by atoms with Gasteiger partial charge in [0.15, 0.2) is 0 Å². The average Bonchev–Trinajstić information content (AvgIpc) is 2.31. The third-order valence-corrected chi connectivity index (χ3v) is 2.94. The maximum atomic E-state index is 4.24. The molecule has 0 fully saturated rings. The number of rotatable bonds is 7. The Bertz CT molecular complexity index is 289. The van der Waals surface area contributed by atoms with Crippen LogP contribution in [0.4, 0.5) is 0 Å². The molecule has 0 aliphatic heterocycles. The van der Waals surface area contributed by atoms with Crippen LogP contribution in [0.1, 0.15) is 56.7 Å². The van der Waals surface area contributed by atoms with Crippen LogP contribution >= 0.6 is 0 Å². The van der Waals surface area contributed by atoms with Crippen LogP contribution in [0.3, 0.4) is 0 Å². The maximum absolute atomic E-state index is 4.24. The molecule has 0 aliphatic rings. The smallest absolute Gasteiger partial charge is 0.0338 e. The Hall–Kier alpha value is -0.890. The highest BCUT2D eigenvalue weighted by Crippen LogP contribution is 2.21. The number of nitrogens with one attached hydrogen (secondary N) is 1. The van der Waals surface area contributed by atoms with Crippen LogP contribution in [0.25, 0.3) is 0 Å². The van der Waals surface area contributed by atoms with E-state index in [-0.39, 0.29) is 0 Å². The van der Waals surface area contributed by atoms with Gasteiger partial charge in [0.2, 0.25) is 0 Å². The molecule has 0 aromatic carbocycles. The summed E-state index contributed by atoms with van der Waals surface area (Å²) in [6, 6.07) is 2.58. The molecule has 0 radical (unpaired) electrons. The van der Waals surface area contributed by atoms with Gasteiger partial charge in [-0.15, -0.1) is 0 Å². The molecule has 1 unspecified atom stereocenters. The van der Waals surface area contributed by atoms with Crippen molar-refractivity contribution in [1.29, 1.82) is 0 Å². The Labute approximate surface area is 99.5 Å². The van der Waals surface area contributed by atoms with Crippen molar-refractivity contribution in [3.63, 3.8) is 0 Å². The van der Waals surface area contributed by atoms with E-state index in [0.717, 1.165) is 6.54 Å². The summed E-state index contributed by atoms with van der Waals surface area (Å²) < 4.78 is 0. The highest BCUT2D eigenvalue weighted by molar-refractivity contribution is 5.24. The summed E-state index contributed by atoms with van der Waals surface area (Å²) in [6.07, 6.45) is 8.80. The molecule has 2 nitrogen and oxygen atoms in total. The summed E-state index contributed by atoms with van der Waals surface area (Å²) >= 11 is 0. The van der Waals surface area contributed by atoms with Crippen molar-refractivity contribution >= 4 is 0 Å². The molecule has 1 atom stereocenters. The molecule has 0 aliphatic carbocycles. The van der Waals surface area contributed by atoms with Crippen molar-refractivity contribution in [2.24, 2.45) is 0 Å². The summed E-state index contributed by atoms with van der Waals surface area (Å²) in [6.45, 7) is 7.71. The number of aryl methyl sites for hydroxylation is 1. The van der Waals surface area contributed by atoms with Crippen LogP contribution < -0.4 is 5.32 Å². The van der Waals surface area contributed by atoms with Crippen LogP contribution in [0.15, 0.2) is 18.5 Å². The van der Waals surface area contributed by atoms with Gasteiger partial charge in [-0.1, -0.05) is 26.7 Å². The number of aromatic nitrogens is 1. The van der Waals surface area contributed by atoms with E-state index < -0.39 is 0 Å². The minimum atomic E-state index is 0.480. The second-order valence-corrected chi connectivity index (χ2v) is 4.38. The highest BCUT2D eigenvalue weighted by atomic mass is 14.9. The first-order chi connectivity index (χ1) is 7.79. The summed E-state index contributed by atoms with van der Waals surface area (Å²) in [5.41, 5.74) is 2.71. The number of hydrogen-bond acceptors (Lipinski definition) is 2. The minimum absolute atomic E-state index is 0.480. The molecule has 0 saturated carbocycles. The SMILES string of the molecule is CCCCC(NCCC)c1cnccc1C. The van der Waals surface area contributed by atoms with Crippen molar-refractivity contribution in [1.82, 2.24) is 10.3 Å². The van der Waals surface area contributed by atoms with Crippen LogP contribution in [0.5, 0.6) is 0 Å². The Morgan fingerprint density at radius 3 is 2.75 bits per heavy atom. The van der Waals surface area contributed by atoms with E-state index in [1.807, 2.05) is 12.4 Å². The largest absolute Gasteiger partial charge is 0.310 e. The van der Waals surface area contributed by atoms with Crippen molar-refractivity contribution in [3.05, 3.63) is 29.6 Å². The molecule has 0 amide bonds. The molecule has 0 saturated heterocycles. The predicted molar refractivity (Wildman–Crippen MR) is 69.5 cm³/mol. The first kappa shape index (κ1) is 13.2. The second kappa shape index (κ2) is 7.39. The van der Waals surface area contributed by atoms with E-state index in [1.54, 1.807) is 0 Å². The Morgan fingerprint density at radius 2 is 2.12 bits per heavy atom. The zero-order valence-electron chi connectivity index (χ0n) is 10.8. The molecule has 1 aromatic rings. The third-order valence-electron chi connectivity index (χ3n) is 2.94. The van der Waals surface area contributed by atoms with E-state index in [9.17, 15) is 0 Å². The van der Waals surface area contributed by atoms with E-state index in [0.29, 0.717) is 6.04 Å². The number of nitrogens with zero attached hydrogens (tertiary/aromatic N) is 1. The maximum Gasteiger partial charge on any atom is 0.0338 e. The summed E-state index contributed by atoms with van der Waals surface area (Å²) in [5, 5.41) is 3.62. The number of pyridine rings is 1. The van der Waals surface area contributed by atoms with E-state index >= 15 is 0 Å². The van der Waals surface area contributed by atoms with Gasteiger partial charge in [-0.3, -0.25) is 4.98 Å². The fourth-order valence-corrected chi connectivity index (χ4v) is 1.94. The Balaban J connectivity index is 2.70. The van der Waals surface area contributed by atoms with Crippen LogP contribution in [0.2, 0.25) is 0 Å². The molecule has 0 spiro atoms. The molecular weight excluding hydrogens is 196 g/mol. The van der Waals surface area contributed by atoms with Crippen LogP contribution in [-0.4, -0.2) is 11.5 Å². The number of hydrogen-bond donors (Lipinski definition) is 1. The molecular formula is C14H24N2. The van der Waals surface area contributed by atoms with Gasteiger partial charge >= 0.3 is 0 Å². The lowest BCUT2D eigenvalue weighted by Crippen LogP contribution is -2.23. The molecule has 1 rings (SSSR count). The zero-order valence-corrected chi connectivity index (χ0v) is 10.8. The lowest BCUT2D eigenvalue weighted by Gasteiger charge is -2.20. The van der Waals surface area contributed by atoms with Gasteiger partial charge < -0.3 is 5.32 Å². The van der Waals surface area contributed by atoms with Gasteiger partial charge in [0.05, 0.1) is 0 Å². The van der Waals surface area contributed by atoms with Crippen molar-refractivity contribution in [2.45, 2.75) is 52.5 Å². The van der Waals surface area contributed by atoms with Crippen molar-refractivity contribution < 1.29 is 0 Å². The van der Waals surface area contributed by atoms with Gasteiger partial charge in [-0.25, -0.2) is 0 Å². The van der Waals surface area contributed by atoms with Crippen LogP contribution in [-0.2, 0) is 0 Å². The van der Waals surface area contributed by atoms with Gasteiger partial charge in [0.25, 0.3) is 0 Å². The molecule has 1 N–H and O–H groups in total. The van der Waals surface area contributed by atoms with Gasteiger partial charge in [0.1, 0.15) is 0 Å². The lowest BCUT2D eigenvalue weighted by atomic mass is 9.99. The highest BCUT2D eigenvalue weighted by Gasteiger charge is 2.12. The predicted octanol–water partition coefficient (Wildman–Crippen LogP) is 3.62. The summed E-state index contributed by atoms with van der Waals surface area (Å²) in [5.74, 6) is 0. The van der Waals surface area contributed by atoms with Crippen molar-refractivity contribution in [2.75, 3.05) is 6.54 Å². The Morgan fingerprint density at radius 1 is 1.31 bits per heavy atom. The minimum Gasteiger partial charge on any atom is -0.310 e. The fraction of sp³-hybridized carbons (Fsp3) is 0.643.